The van der Waals surface area contributed by atoms with Gasteiger partial charge in [-0.25, -0.2) is 9.18 Å². The fraction of sp³-hybridized carbons (Fsp3) is 0.300. The summed E-state index contributed by atoms with van der Waals surface area (Å²) >= 11 is 5.41. The zero-order valence-corrected chi connectivity index (χ0v) is 10.2. The summed E-state index contributed by atoms with van der Waals surface area (Å²) in [6, 6.07) is 1.44. The van der Waals surface area contributed by atoms with Crippen molar-refractivity contribution in [2.24, 2.45) is 0 Å². The van der Waals surface area contributed by atoms with E-state index in [2.05, 4.69) is 4.74 Å². The molecule has 0 saturated carbocycles. The molecule has 0 radical (unpaired) electrons. The van der Waals surface area contributed by atoms with Crippen LogP contribution in [0.25, 0.3) is 0 Å². The van der Waals surface area contributed by atoms with Crippen molar-refractivity contribution < 1.29 is 18.8 Å². The van der Waals surface area contributed by atoms with Crippen LogP contribution in [0, 0.1) is 15.9 Å². The Bertz CT molecular complexity index is 437. The van der Waals surface area contributed by atoms with Crippen LogP contribution in [-0.2, 0) is 4.74 Å². The molecule has 0 atom stereocenters. The fourth-order valence-corrected chi connectivity index (χ4v) is 1.16. The zero-order valence-electron chi connectivity index (χ0n) is 9.49. The summed E-state index contributed by atoms with van der Waals surface area (Å²) in [5, 5.41) is 10.1. The standard InChI is InChI=1S/C8H5ClFNO4.C2H6/c1-15-8(12)4-2-7(11(13)14)5(9)3-6(4)10;1-2/h2-3H,1H3;1-2H3. The first kappa shape index (κ1) is 15.3. The van der Waals surface area contributed by atoms with Crippen LogP contribution in [-0.4, -0.2) is 18.0 Å². The summed E-state index contributed by atoms with van der Waals surface area (Å²) in [5.74, 6) is -1.95. The number of nitrogens with zero attached hydrogens (tertiary/aromatic N) is 1. The Hall–Kier alpha value is -1.69. The molecular formula is C10H11ClFNO4. The largest absolute Gasteiger partial charge is 0.465 e. The first-order chi connectivity index (χ1) is 7.97. The highest BCUT2D eigenvalue weighted by molar-refractivity contribution is 6.32. The minimum atomic E-state index is -0.993. The van der Waals surface area contributed by atoms with Crippen molar-refractivity contribution in [3.8, 4) is 0 Å². The van der Waals surface area contributed by atoms with Crippen molar-refractivity contribution in [1.82, 2.24) is 0 Å². The van der Waals surface area contributed by atoms with Gasteiger partial charge in [-0.05, 0) is 0 Å². The summed E-state index contributed by atoms with van der Waals surface area (Å²) in [4.78, 5) is 20.6. The van der Waals surface area contributed by atoms with Crippen LogP contribution in [0.1, 0.15) is 24.2 Å². The molecule has 0 aliphatic rings. The Kier molecular flexibility index (Phi) is 6.12. The topological polar surface area (TPSA) is 69.4 Å². The summed E-state index contributed by atoms with van der Waals surface area (Å²) in [7, 11) is 1.04. The first-order valence-electron chi connectivity index (χ1n) is 4.69. The number of nitro benzene ring substituents is 1. The minimum Gasteiger partial charge on any atom is -0.465 e. The van der Waals surface area contributed by atoms with Crippen LogP contribution in [0.2, 0.25) is 5.02 Å². The number of esters is 1. The highest BCUT2D eigenvalue weighted by Crippen LogP contribution is 2.27. The zero-order chi connectivity index (χ0) is 13.6. The quantitative estimate of drug-likeness (QED) is 0.467. The number of hydrogen-bond acceptors (Lipinski definition) is 4. The second-order valence-corrected chi connectivity index (χ2v) is 2.94. The molecule has 0 fully saturated rings. The van der Waals surface area contributed by atoms with E-state index in [1.54, 1.807) is 0 Å². The van der Waals surface area contributed by atoms with Crippen molar-refractivity contribution >= 4 is 23.3 Å². The molecule has 1 aromatic carbocycles. The third kappa shape index (κ3) is 3.67. The molecule has 0 aromatic heterocycles. The molecule has 5 nitrogen and oxygen atoms in total. The third-order valence-corrected chi connectivity index (χ3v) is 1.94. The normalized spacial score (nSPS) is 9.00. The van der Waals surface area contributed by atoms with Gasteiger partial charge >= 0.3 is 5.97 Å². The summed E-state index contributed by atoms with van der Waals surface area (Å²) in [6.45, 7) is 4.00. The molecule has 7 heteroatoms. The Morgan fingerprint density at radius 1 is 1.47 bits per heavy atom. The van der Waals surface area contributed by atoms with Gasteiger partial charge in [0.15, 0.2) is 0 Å². The second-order valence-electron chi connectivity index (χ2n) is 2.53. The Balaban J connectivity index is 0.00000121. The van der Waals surface area contributed by atoms with E-state index in [-0.39, 0.29) is 5.02 Å². The van der Waals surface area contributed by atoms with Crippen molar-refractivity contribution in [2.75, 3.05) is 7.11 Å². The molecule has 0 unspecified atom stereocenters. The van der Waals surface area contributed by atoms with Crippen LogP contribution >= 0.6 is 11.6 Å². The van der Waals surface area contributed by atoms with Gasteiger partial charge in [-0.2, -0.15) is 0 Å². The van der Waals surface area contributed by atoms with E-state index < -0.39 is 28.0 Å². The van der Waals surface area contributed by atoms with E-state index in [1.807, 2.05) is 13.8 Å². The summed E-state index contributed by atoms with van der Waals surface area (Å²) in [5.41, 5.74) is -1.06. The predicted octanol–water partition coefficient (Wildman–Crippen LogP) is 3.20. The molecule has 0 N–H and O–H groups in total. The van der Waals surface area contributed by atoms with Crippen LogP contribution in [0.3, 0.4) is 0 Å². The van der Waals surface area contributed by atoms with E-state index >= 15 is 0 Å². The molecule has 0 aliphatic heterocycles. The van der Waals surface area contributed by atoms with Crippen LogP contribution in [0.4, 0.5) is 10.1 Å². The molecule has 17 heavy (non-hydrogen) atoms. The van der Waals surface area contributed by atoms with Gasteiger partial charge in [0.05, 0.1) is 12.0 Å². The summed E-state index contributed by atoms with van der Waals surface area (Å²) < 4.78 is 17.4. The van der Waals surface area contributed by atoms with Gasteiger partial charge in [0, 0.05) is 12.1 Å². The maximum absolute atomic E-state index is 13.1. The lowest BCUT2D eigenvalue weighted by molar-refractivity contribution is -0.384. The number of benzene rings is 1. The number of nitro groups is 1. The van der Waals surface area contributed by atoms with E-state index in [0.717, 1.165) is 13.2 Å². The molecule has 0 bridgehead atoms. The number of rotatable bonds is 2. The highest BCUT2D eigenvalue weighted by Gasteiger charge is 2.21. The second kappa shape index (κ2) is 6.80. The van der Waals surface area contributed by atoms with Crippen molar-refractivity contribution in [1.29, 1.82) is 0 Å². The maximum Gasteiger partial charge on any atom is 0.341 e. The van der Waals surface area contributed by atoms with E-state index in [1.165, 1.54) is 0 Å². The molecular weight excluding hydrogens is 253 g/mol. The lowest BCUT2D eigenvalue weighted by Gasteiger charge is -2.02. The monoisotopic (exact) mass is 263 g/mol. The van der Waals surface area contributed by atoms with Gasteiger partial charge < -0.3 is 4.74 Å². The van der Waals surface area contributed by atoms with Crippen molar-refractivity contribution in [2.45, 2.75) is 13.8 Å². The lowest BCUT2D eigenvalue weighted by atomic mass is 10.2. The van der Waals surface area contributed by atoms with Crippen LogP contribution < -0.4 is 0 Å². The fourth-order valence-electron chi connectivity index (χ4n) is 0.944. The predicted molar refractivity (Wildman–Crippen MR) is 60.8 cm³/mol. The number of hydrogen-bond donors (Lipinski definition) is 0. The molecule has 0 aliphatic carbocycles. The van der Waals surface area contributed by atoms with Gasteiger partial charge in [0.2, 0.25) is 0 Å². The number of carbonyl (C=O) groups excluding carboxylic acids is 1. The average Bonchev–Trinajstić information content (AvgIpc) is 2.30. The SMILES string of the molecule is CC.COC(=O)c1cc([N+](=O)[O-])c(Cl)cc1F. The van der Waals surface area contributed by atoms with Crippen molar-refractivity contribution in [3.05, 3.63) is 38.7 Å². The molecule has 1 aromatic rings. The number of carbonyl (C=O) groups is 1. The summed E-state index contributed by atoms with van der Waals surface area (Å²) in [6.07, 6.45) is 0. The van der Waals surface area contributed by atoms with Gasteiger partial charge in [0.25, 0.3) is 5.69 Å². The van der Waals surface area contributed by atoms with Crippen LogP contribution in [0.15, 0.2) is 12.1 Å². The lowest BCUT2D eigenvalue weighted by Crippen LogP contribution is -2.05. The van der Waals surface area contributed by atoms with E-state index in [4.69, 9.17) is 11.6 Å². The number of methoxy groups -OCH3 is 1. The Morgan fingerprint density at radius 3 is 2.41 bits per heavy atom. The molecule has 0 amide bonds. The van der Waals surface area contributed by atoms with Gasteiger partial charge in [-0.3, -0.25) is 10.1 Å². The average molecular weight is 264 g/mol. The third-order valence-electron chi connectivity index (χ3n) is 1.64. The smallest absolute Gasteiger partial charge is 0.341 e. The molecule has 94 valence electrons. The van der Waals surface area contributed by atoms with E-state index in [9.17, 15) is 19.3 Å². The molecule has 1 rings (SSSR count). The van der Waals surface area contributed by atoms with Crippen molar-refractivity contribution in [3.63, 3.8) is 0 Å². The molecule has 0 spiro atoms. The number of halogens is 2. The maximum atomic E-state index is 13.1. The number of ether oxygens (including phenoxy) is 1. The first-order valence-corrected chi connectivity index (χ1v) is 5.07. The molecule has 0 heterocycles. The highest BCUT2D eigenvalue weighted by atomic mass is 35.5. The van der Waals surface area contributed by atoms with Gasteiger partial charge in [-0.15, -0.1) is 0 Å². The van der Waals surface area contributed by atoms with Gasteiger partial charge in [-0.1, -0.05) is 25.4 Å². The van der Waals surface area contributed by atoms with Gasteiger partial charge in [0.1, 0.15) is 16.4 Å². The van der Waals surface area contributed by atoms with E-state index in [0.29, 0.717) is 6.07 Å². The minimum absolute atomic E-state index is 0.370. The Labute approximate surface area is 102 Å². The molecule has 0 saturated heterocycles. The van der Waals surface area contributed by atoms with Crippen LogP contribution in [0.5, 0.6) is 0 Å². The Morgan fingerprint density at radius 2 is 2.00 bits per heavy atom.